The lowest BCUT2D eigenvalue weighted by Gasteiger charge is -2.20. The summed E-state index contributed by atoms with van der Waals surface area (Å²) >= 11 is 0. The number of imidazole rings is 1. The molecule has 0 aromatic carbocycles. The van der Waals surface area contributed by atoms with Crippen molar-refractivity contribution in [1.29, 1.82) is 0 Å². The van der Waals surface area contributed by atoms with Gasteiger partial charge < -0.3 is 14.4 Å². The Labute approximate surface area is 95.7 Å². The van der Waals surface area contributed by atoms with E-state index >= 15 is 0 Å². The fourth-order valence-corrected chi connectivity index (χ4v) is 2.10. The van der Waals surface area contributed by atoms with Crippen LogP contribution in [0.4, 0.5) is 5.82 Å². The molecule has 0 N–H and O–H groups in total. The van der Waals surface area contributed by atoms with Crippen molar-refractivity contribution >= 4 is 11.7 Å². The van der Waals surface area contributed by atoms with Crippen LogP contribution < -0.4 is 4.90 Å². The standard InChI is InChI=1S/C11H18N4O/c1-4-14-6-7-15(5-2)11(16)9-10(14)12-8-13(9)3/h8H,4-7H2,1-3H3. The molecule has 0 radical (unpaired) electrons. The highest BCUT2D eigenvalue weighted by Crippen LogP contribution is 2.22. The molecule has 16 heavy (non-hydrogen) atoms. The monoisotopic (exact) mass is 222 g/mol. The van der Waals surface area contributed by atoms with Crippen molar-refractivity contribution in [1.82, 2.24) is 14.5 Å². The summed E-state index contributed by atoms with van der Waals surface area (Å²) < 4.78 is 1.81. The van der Waals surface area contributed by atoms with Gasteiger partial charge in [-0.05, 0) is 13.8 Å². The molecule has 0 fully saturated rings. The third-order valence-corrected chi connectivity index (χ3v) is 3.11. The number of anilines is 1. The molecule has 0 bridgehead atoms. The lowest BCUT2D eigenvalue weighted by atomic mass is 10.3. The molecule has 5 heteroatoms. The number of aryl methyl sites for hydroxylation is 1. The zero-order valence-electron chi connectivity index (χ0n) is 10.1. The maximum Gasteiger partial charge on any atom is 0.274 e. The van der Waals surface area contributed by atoms with Gasteiger partial charge in [-0.3, -0.25) is 4.79 Å². The Morgan fingerprint density at radius 1 is 1.25 bits per heavy atom. The number of fused-ring (bicyclic) bond motifs is 1. The first-order chi connectivity index (χ1) is 7.69. The van der Waals surface area contributed by atoms with Crippen molar-refractivity contribution in [2.75, 3.05) is 31.1 Å². The molecule has 0 saturated heterocycles. The molecule has 1 aromatic rings. The van der Waals surface area contributed by atoms with Gasteiger partial charge in [0.2, 0.25) is 0 Å². The molecule has 0 atom stereocenters. The van der Waals surface area contributed by atoms with E-state index in [1.165, 1.54) is 0 Å². The van der Waals surface area contributed by atoms with Gasteiger partial charge in [-0.15, -0.1) is 0 Å². The Bertz CT molecular complexity index is 399. The van der Waals surface area contributed by atoms with Crippen molar-refractivity contribution in [3.8, 4) is 0 Å². The van der Waals surface area contributed by atoms with Gasteiger partial charge in [-0.25, -0.2) is 4.98 Å². The smallest absolute Gasteiger partial charge is 0.274 e. The molecule has 2 heterocycles. The Hall–Kier alpha value is -1.52. The second kappa shape index (κ2) is 4.15. The third-order valence-electron chi connectivity index (χ3n) is 3.11. The topological polar surface area (TPSA) is 41.4 Å². The molecule has 5 nitrogen and oxygen atoms in total. The van der Waals surface area contributed by atoms with Crippen molar-refractivity contribution in [3.05, 3.63) is 12.0 Å². The van der Waals surface area contributed by atoms with E-state index in [0.29, 0.717) is 5.69 Å². The number of amides is 1. The zero-order chi connectivity index (χ0) is 11.7. The van der Waals surface area contributed by atoms with E-state index in [0.717, 1.165) is 32.0 Å². The van der Waals surface area contributed by atoms with Crippen LogP contribution in [-0.4, -0.2) is 46.5 Å². The molecule has 0 aliphatic carbocycles. The highest BCUT2D eigenvalue weighted by molar-refractivity contribution is 5.98. The van der Waals surface area contributed by atoms with Crippen LogP contribution in [0.15, 0.2) is 6.33 Å². The van der Waals surface area contributed by atoms with Gasteiger partial charge >= 0.3 is 0 Å². The molecular weight excluding hydrogens is 204 g/mol. The summed E-state index contributed by atoms with van der Waals surface area (Å²) in [6.45, 7) is 7.37. The van der Waals surface area contributed by atoms with Crippen LogP contribution in [0.3, 0.4) is 0 Å². The number of rotatable bonds is 2. The number of hydrogen-bond donors (Lipinski definition) is 0. The Kier molecular flexibility index (Phi) is 2.85. The molecule has 1 aliphatic heterocycles. The van der Waals surface area contributed by atoms with Crippen LogP contribution in [0.1, 0.15) is 24.3 Å². The largest absolute Gasteiger partial charge is 0.353 e. The Morgan fingerprint density at radius 2 is 1.88 bits per heavy atom. The van der Waals surface area contributed by atoms with E-state index in [2.05, 4.69) is 16.8 Å². The second-order valence-electron chi connectivity index (χ2n) is 3.99. The van der Waals surface area contributed by atoms with Crippen molar-refractivity contribution in [2.45, 2.75) is 13.8 Å². The fraction of sp³-hybridized carbons (Fsp3) is 0.636. The minimum absolute atomic E-state index is 0.0912. The first kappa shape index (κ1) is 11.0. The van der Waals surface area contributed by atoms with Crippen molar-refractivity contribution in [2.24, 2.45) is 7.05 Å². The van der Waals surface area contributed by atoms with E-state index in [-0.39, 0.29) is 5.91 Å². The number of carbonyl (C=O) groups excluding carboxylic acids is 1. The summed E-state index contributed by atoms with van der Waals surface area (Å²) in [6, 6.07) is 0. The molecule has 88 valence electrons. The predicted octanol–water partition coefficient (Wildman–Crippen LogP) is 0.722. The van der Waals surface area contributed by atoms with E-state index in [9.17, 15) is 4.79 Å². The summed E-state index contributed by atoms with van der Waals surface area (Å²) in [4.78, 5) is 20.6. The quantitative estimate of drug-likeness (QED) is 0.740. The van der Waals surface area contributed by atoms with E-state index < -0.39 is 0 Å². The predicted molar refractivity (Wildman–Crippen MR) is 62.7 cm³/mol. The normalized spacial score (nSPS) is 16.3. The van der Waals surface area contributed by atoms with Crippen molar-refractivity contribution in [3.63, 3.8) is 0 Å². The van der Waals surface area contributed by atoms with Gasteiger partial charge in [-0.2, -0.15) is 0 Å². The number of carbonyl (C=O) groups is 1. The average Bonchev–Trinajstić information content (AvgIpc) is 2.59. The number of nitrogens with zero attached hydrogens (tertiary/aromatic N) is 4. The number of aromatic nitrogens is 2. The van der Waals surface area contributed by atoms with E-state index in [1.807, 2.05) is 23.4 Å². The highest BCUT2D eigenvalue weighted by atomic mass is 16.2. The van der Waals surface area contributed by atoms with E-state index in [1.54, 1.807) is 6.33 Å². The van der Waals surface area contributed by atoms with Gasteiger partial charge in [0.15, 0.2) is 11.5 Å². The minimum Gasteiger partial charge on any atom is -0.353 e. The maximum atomic E-state index is 12.2. The van der Waals surface area contributed by atoms with Crippen LogP contribution in [0.2, 0.25) is 0 Å². The van der Waals surface area contributed by atoms with Gasteiger partial charge in [0.1, 0.15) is 0 Å². The summed E-state index contributed by atoms with van der Waals surface area (Å²) in [5.41, 5.74) is 0.709. The third kappa shape index (κ3) is 1.56. The lowest BCUT2D eigenvalue weighted by molar-refractivity contribution is 0.0766. The molecule has 1 amide bonds. The summed E-state index contributed by atoms with van der Waals surface area (Å²) in [7, 11) is 1.87. The zero-order valence-corrected chi connectivity index (χ0v) is 10.1. The van der Waals surface area contributed by atoms with Gasteiger partial charge in [0.25, 0.3) is 5.91 Å². The number of likely N-dealkylation sites (N-methyl/N-ethyl adjacent to an activating group) is 2. The maximum absolute atomic E-state index is 12.2. The van der Waals surface area contributed by atoms with Crippen LogP contribution in [-0.2, 0) is 7.05 Å². The van der Waals surface area contributed by atoms with Gasteiger partial charge in [0.05, 0.1) is 6.33 Å². The molecule has 0 spiro atoms. The van der Waals surface area contributed by atoms with Crippen LogP contribution in [0.5, 0.6) is 0 Å². The van der Waals surface area contributed by atoms with Crippen LogP contribution in [0, 0.1) is 0 Å². The first-order valence-corrected chi connectivity index (χ1v) is 5.74. The molecule has 0 unspecified atom stereocenters. The summed E-state index contributed by atoms with van der Waals surface area (Å²) in [6.07, 6.45) is 1.71. The highest BCUT2D eigenvalue weighted by Gasteiger charge is 2.28. The molecule has 2 rings (SSSR count). The lowest BCUT2D eigenvalue weighted by Crippen LogP contribution is -2.35. The molecular formula is C11H18N4O. The first-order valence-electron chi connectivity index (χ1n) is 5.74. The number of hydrogen-bond acceptors (Lipinski definition) is 3. The van der Waals surface area contributed by atoms with Crippen LogP contribution >= 0.6 is 0 Å². The summed E-state index contributed by atoms with van der Waals surface area (Å²) in [5.74, 6) is 0.916. The van der Waals surface area contributed by atoms with Crippen molar-refractivity contribution < 1.29 is 4.79 Å². The van der Waals surface area contributed by atoms with E-state index in [4.69, 9.17) is 0 Å². The SMILES string of the molecule is CCN1CCN(CC)c2ncn(C)c2C1=O. The Balaban J connectivity index is 2.47. The average molecular weight is 222 g/mol. The Morgan fingerprint density at radius 3 is 2.50 bits per heavy atom. The minimum atomic E-state index is 0.0912. The summed E-state index contributed by atoms with van der Waals surface area (Å²) in [5, 5.41) is 0. The molecule has 1 aliphatic rings. The second-order valence-corrected chi connectivity index (χ2v) is 3.99. The van der Waals surface area contributed by atoms with Gasteiger partial charge in [-0.1, -0.05) is 0 Å². The molecule has 0 saturated carbocycles. The molecule has 1 aromatic heterocycles. The van der Waals surface area contributed by atoms with Gasteiger partial charge in [0, 0.05) is 33.2 Å². The van der Waals surface area contributed by atoms with Crippen LogP contribution in [0.25, 0.3) is 0 Å². The fourth-order valence-electron chi connectivity index (χ4n) is 2.10.